The summed E-state index contributed by atoms with van der Waals surface area (Å²) in [6.07, 6.45) is 0. The molecule has 0 bridgehead atoms. The van der Waals surface area contributed by atoms with Crippen molar-refractivity contribution in [3.05, 3.63) is 59.7 Å². The van der Waals surface area contributed by atoms with Crippen LogP contribution in [0.3, 0.4) is 0 Å². The molecular formula is C20H20N2O6. The lowest BCUT2D eigenvalue weighted by Crippen LogP contribution is -2.40. The Morgan fingerprint density at radius 2 is 1.82 bits per heavy atom. The monoisotopic (exact) mass is 384 g/mol. The van der Waals surface area contributed by atoms with Gasteiger partial charge in [-0.2, -0.15) is 0 Å². The average molecular weight is 384 g/mol. The van der Waals surface area contributed by atoms with Crippen LogP contribution < -0.4 is 20.1 Å². The Morgan fingerprint density at radius 3 is 2.61 bits per heavy atom. The molecule has 0 aromatic heterocycles. The van der Waals surface area contributed by atoms with E-state index < -0.39 is 30.4 Å². The summed E-state index contributed by atoms with van der Waals surface area (Å²) in [6, 6.07) is 13.0. The number of fused-ring (bicyclic) bond motifs is 1. The fraction of sp³-hybridized carbons (Fsp3) is 0.250. The molecular weight excluding hydrogens is 364 g/mol. The Kier molecular flexibility index (Phi) is 6.11. The van der Waals surface area contributed by atoms with Gasteiger partial charge in [0.2, 0.25) is 6.79 Å². The maximum atomic E-state index is 12.0. The maximum absolute atomic E-state index is 12.0. The van der Waals surface area contributed by atoms with Gasteiger partial charge in [-0.25, -0.2) is 4.79 Å². The van der Waals surface area contributed by atoms with E-state index in [1.54, 1.807) is 48.5 Å². The van der Waals surface area contributed by atoms with Gasteiger partial charge in [-0.3, -0.25) is 9.59 Å². The topological polar surface area (TPSA) is 103 Å². The number of nitrogens with one attached hydrogen (secondary N) is 2. The van der Waals surface area contributed by atoms with Gasteiger partial charge in [-0.15, -0.1) is 0 Å². The van der Waals surface area contributed by atoms with Gasteiger partial charge in [0.1, 0.15) is 6.04 Å². The molecule has 0 spiro atoms. The van der Waals surface area contributed by atoms with E-state index in [2.05, 4.69) is 10.6 Å². The lowest BCUT2D eigenvalue weighted by atomic mass is 10.2. The highest BCUT2D eigenvalue weighted by atomic mass is 16.7. The quantitative estimate of drug-likeness (QED) is 0.700. The van der Waals surface area contributed by atoms with Crippen LogP contribution in [-0.4, -0.2) is 37.2 Å². The van der Waals surface area contributed by atoms with E-state index in [9.17, 15) is 14.4 Å². The predicted octanol–water partition coefficient (Wildman–Crippen LogP) is 1.39. The molecule has 1 aliphatic heterocycles. The maximum Gasteiger partial charge on any atom is 0.328 e. The van der Waals surface area contributed by atoms with E-state index in [1.165, 1.54) is 6.92 Å². The highest BCUT2D eigenvalue weighted by molar-refractivity contribution is 5.96. The van der Waals surface area contributed by atoms with Gasteiger partial charge in [0.25, 0.3) is 11.8 Å². The molecule has 1 heterocycles. The van der Waals surface area contributed by atoms with Crippen LogP contribution in [0, 0.1) is 0 Å². The average Bonchev–Trinajstić information content (AvgIpc) is 3.18. The number of amides is 2. The summed E-state index contributed by atoms with van der Waals surface area (Å²) in [7, 11) is 0. The zero-order valence-corrected chi connectivity index (χ0v) is 15.3. The molecule has 3 rings (SSSR count). The van der Waals surface area contributed by atoms with Gasteiger partial charge in [-0.1, -0.05) is 24.3 Å². The first-order chi connectivity index (χ1) is 13.5. The van der Waals surface area contributed by atoms with E-state index in [0.717, 1.165) is 5.56 Å². The second-order valence-corrected chi connectivity index (χ2v) is 6.13. The van der Waals surface area contributed by atoms with Gasteiger partial charge >= 0.3 is 5.97 Å². The fourth-order valence-corrected chi connectivity index (χ4v) is 2.49. The summed E-state index contributed by atoms with van der Waals surface area (Å²) in [5.41, 5.74) is 1.26. The van der Waals surface area contributed by atoms with Crippen molar-refractivity contribution in [3.63, 3.8) is 0 Å². The van der Waals surface area contributed by atoms with Crippen LogP contribution in [0.2, 0.25) is 0 Å². The molecule has 2 aromatic rings. The number of esters is 1. The highest BCUT2D eigenvalue weighted by Gasteiger charge is 2.19. The molecule has 146 valence electrons. The van der Waals surface area contributed by atoms with Crippen LogP contribution in [0.1, 0.15) is 22.8 Å². The van der Waals surface area contributed by atoms with Crippen LogP contribution in [0.25, 0.3) is 0 Å². The second-order valence-electron chi connectivity index (χ2n) is 6.13. The van der Waals surface area contributed by atoms with Crippen LogP contribution in [0.4, 0.5) is 0 Å². The van der Waals surface area contributed by atoms with Crippen LogP contribution >= 0.6 is 0 Å². The molecule has 8 heteroatoms. The van der Waals surface area contributed by atoms with Crippen LogP contribution in [-0.2, 0) is 20.9 Å². The Hall–Kier alpha value is -3.55. The number of hydrogen-bond acceptors (Lipinski definition) is 6. The largest absolute Gasteiger partial charge is 0.454 e. The first-order valence-corrected chi connectivity index (χ1v) is 8.70. The Balaban J connectivity index is 1.40. The van der Waals surface area contributed by atoms with E-state index >= 15 is 0 Å². The zero-order valence-electron chi connectivity index (χ0n) is 15.3. The molecule has 0 fully saturated rings. The summed E-state index contributed by atoms with van der Waals surface area (Å²) >= 11 is 0. The minimum Gasteiger partial charge on any atom is -0.454 e. The normalized spacial score (nSPS) is 12.8. The molecule has 28 heavy (non-hydrogen) atoms. The third kappa shape index (κ3) is 5.00. The molecule has 0 saturated carbocycles. The van der Waals surface area contributed by atoms with Crippen molar-refractivity contribution in [2.45, 2.75) is 19.5 Å². The van der Waals surface area contributed by atoms with Crippen molar-refractivity contribution >= 4 is 17.8 Å². The molecule has 0 saturated heterocycles. The number of ether oxygens (including phenoxy) is 3. The van der Waals surface area contributed by atoms with Crippen molar-refractivity contribution in [1.82, 2.24) is 10.6 Å². The van der Waals surface area contributed by atoms with E-state index in [0.29, 0.717) is 17.1 Å². The molecule has 1 unspecified atom stereocenters. The van der Waals surface area contributed by atoms with Crippen LogP contribution in [0.15, 0.2) is 48.5 Å². The lowest BCUT2D eigenvalue weighted by Gasteiger charge is -2.13. The zero-order chi connectivity index (χ0) is 19.9. The molecule has 1 aliphatic rings. The number of benzene rings is 2. The summed E-state index contributed by atoms with van der Waals surface area (Å²) in [4.78, 5) is 35.9. The number of rotatable bonds is 7. The molecule has 8 nitrogen and oxygen atoms in total. The van der Waals surface area contributed by atoms with Crippen molar-refractivity contribution in [2.75, 3.05) is 13.4 Å². The minimum absolute atomic E-state index is 0.181. The SMILES string of the molecule is CC(NC(=O)c1ccccc1)C(=O)OCC(=O)NCc1ccc2c(c1)OCO2. The number of hydrogen-bond donors (Lipinski definition) is 2. The van der Waals surface area contributed by atoms with Crippen molar-refractivity contribution in [2.24, 2.45) is 0 Å². The van der Waals surface area contributed by atoms with Crippen LogP contribution in [0.5, 0.6) is 11.5 Å². The van der Waals surface area contributed by atoms with E-state index in [-0.39, 0.29) is 13.3 Å². The molecule has 2 amide bonds. The number of carbonyl (C=O) groups is 3. The van der Waals surface area contributed by atoms with Gasteiger partial charge in [-0.05, 0) is 36.8 Å². The van der Waals surface area contributed by atoms with Gasteiger partial charge < -0.3 is 24.8 Å². The molecule has 1 atom stereocenters. The standard InChI is InChI=1S/C20H20N2O6/c1-13(22-19(24)15-5-3-2-4-6-15)20(25)26-11-18(23)21-10-14-7-8-16-17(9-14)28-12-27-16/h2-9,13H,10-12H2,1H3,(H,21,23)(H,22,24). The minimum atomic E-state index is -0.880. The summed E-state index contributed by atoms with van der Waals surface area (Å²) in [5, 5.41) is 5.18. The van der Waals surface area contributed by atoms with Crippen molar-refractivity contribution < 1.29 is 28.6 Å². The first-order valence-electron chi connectivity index (χ1n) is 8.70. The fourth-order valence-electron chi connectivity index (χ4n) is 2.49. The molecule has 2 N–H and O–H groups in total. The lowest BCUT2D eigenvalue weighted by molar-refractivity contribution is -0.150. The Bertz CT molecular complexity index is 868. The van der Waals surface area contributed by atoms with Gasteiger partial charge in [0, 0.05) is 12.1 Å². The van der Waals surface area contributed by atoms with Gasteiger partial charge in [0.05, 0.1) is 0 Å². The second kappa shape index (κ2) is 8.90. The van der Waals surface area contributed by atoms with Gasteiger partial charge in [0.15, 0.2) is 18.1 Å². The Labute approximate surface area is 161 Å². The smallest absolute Gasteiger partial charge is 0.328 e. The van der Waals surface area contributed by atoms with Crippen molar-refractivity contribution in [3.8, 4) is 11.5 Å². The third-order valence-corrected chi connectivity index (χ3v) is 4.01. The Morgan fingerprint density at radius 1 is 1.07 bits per heavy atom. The predicted molar refractivity (Wildman–Crippen MR) is 98.7 cm³/mol. The first kappa shape index (κ1) is 19.2. The number of carbonyl (C=O) groups excluding carboxylic acids is 3. The summed E-state index contributed by atoms with van der Waals surface area (Å²) in [6.45, 7) is 1.50. The summed E-state index contributed by atoms with van der Waals surface area (Å²) in [5.74, 6) is -0.246. The third-order valence-electron chi connectivity index (χ3n) is 4.01. The molecule has 0 aliphatic carbocycles. The van der Waals surface area contributed by atoms with Crippen molar-refractivity contribution in [1.29, 1.82) is 0 Å². The molecule has 2 aromatic carbocycles. The summed E-state index contributed by atoms with van der Waals surface area (Å²) < 4.78 is 15.5. The molecule has 0 radical (unpaired) electrons. The highest BCUT2D eigenvalue weighted by Crippen LogP contribution is 2.32. The van der Waals surface area contributed by atoms with E-state index in [1.807, 2.05) is 0 Å². The van der Waals surface area contributed by atoms with E-state index in [4.69, 9.17) is 14.2 Å².